The summed E-state index contributed by atoms with van der Waals surface area (Å²) in [5.74, 6) is 0. The molecule has 13 aromatic rings. The number of benzene rings is 12. The average molecular weight is 713 g/mol. The summed E-state index contributed by atoms with van der Waals surface area (Å²) in [5, 5.41) is 1.44. The van der Waals surface area contributed by atoms with E-state index in [9.17, 15) is 11.0 Å². The SMILES string of the molecule is [2H]c1c([2H])c2c([2H])c([2H])c3c([2H])c([2H])c(-c4cc(-c5c([2H])c([2H])c6c([2H])c([2H])c7c([2H])c([2H])c([2H])c8c([2H])c([2H])c5c6c78)cc(-c5cccc6oc7cc8ccccc8cc7c56)c4)c4c([2H])c([2H])c(c1[2H])c2c34. The van der Waals surface area contributed by atoms with Gasteiger partial charge in [-0.3, -0.25) is 0 Å². The van der Waals surface area contributed by atoms with Crippen LogP contribution in [0.4, 0.5) is 0 Å². The van der Waals surface area contributed by atoms with E-state index in [1.807, 2.05) is 42.5 Å². The van der Waals surface area contributed by atoms with Gasteiger partial charge in [0.1, 0.15) is 11.2 Å². The zero-order chi connectivity index (χ0) is 51.4. The second-order valence-electron chi connectivity index (χ2n) is 13.8. The highest BCUT2D eigenvalue weighted by Crippen LogP contribution is 2.46. The minimum Gasteiger partial charge on any atom is -0.456 e. The molecular formula is C54H30O. The lowest BCUT2D eigenvalue weighted by molar-refractivity contribution is 0.669. The summed E-state index contributed by atoms with van der Waals surface area (Å²) in [7, 11) is 0. The summed E-state index contributed by atoms with van der Waals surface area (Å²) in [6.07, 6.45) is 0. The summed E-state index contributed by atoms with van der Waals surface area (Å²) in [6.45, 7) is 0. The van der Waals surface area contributed by atoms with E-state index >= 15 is 0 Å². The molecule has 0 aliphatic rings. The van der Waals surface area contributed by atoms with Crippen molar-refractivity contribution < 1.29 is 29.1 Å². The molecule has 0 atom stereocenters. The fourth-order valence-electron chi connectivity index (χ4n) is 8.38. The van der Waals surface area contributed by atoms with E-state index in [1.165, 1.54) is 6.07 Å². The van der Waals surface area contributed by atoms with E-state index in [-0.39, 0.29) is 86.9 Å². The third kappa shape index (κ3) is 4.07. The van der Waals surface area contributed by atoms with Crippen LogP contribution in [-0.4, -0.2) is 0 Å². The Hall–Kier alpha value is -7.22. The van der Waals surface area contributed by atoms with Gasteiger partial charge in [0, 0.05) is 10.8 Å². The van der Waals surface area contributed by atoms with Crippen molar-refractivity contribution in [2.75, 3.05) is 0 Å². The summed E-state index contributed by atoms with van der Waals surface area (Å²) in [6, 6.07) is 12.0. The monoisotopic (exact) mass is 712 g/mol. The van der Waals surface area contributed by atoms with Crippen LogP contribution in [0.15, 0.2) is 186 Å². The molecule has 1 heterocycles. The maximum absolute atomic E-state index is 9.75. The first-order chi connectivity index (χ1) is 34.8. The van der Waals surface area contributed by atoms with Crippen molar-refractivity contribution in [2.45, 2.75) is 0 Å². The van der Waals surface area contributed by atoms with E-state index in [4.69, 9.17) is 18.1 Å². The van der Waals surface area contributed by atoms with Gasteiger partial charge in [0.05, 0.1) is 24.7 Å². The maximum atomic E-state index is 9.75. The largest absolute Gasteiger partial charge is 0.456 e. The number of furan rings is 1. The Morgan fingerprint density at radius 2 is 0.782 bits per heavy atom. The van der Waals surface area contributed by atoms with Crippen molar-refractivity contribution in [3.05, 3.63) is 182 Å². The average Bonchev–Trinajstić information content (AvgIpc) is 3.74. The van der Waals surface area contributed by atoms with Crippen LogP contribution in [0.5, 0.6) is 0 Å². The molecule has 0 unspecified atom stereocenters. The van der Waals surface area contributed by atoms with E-state index < -0.39 is 109 Å². The van der Waals surface area contributed by atoms with E-state index in [0.717, 1.165) is 16.2 Å². The van der Waals surface area contributed by atoms with Crippen LogP contribution in [0.25, 0.3) is 131 Å². The molecule has 0 radical (unpaired) electrons. The molecule has 1 aromatic heterocycles. The third-order valence-corrected chi connectivity index (χ3v) is 10.8. The van der Waals surface area contributed by atoms with E-state index in [1.54, 1.807) is 24.3 Å². The highest BCUT2D eigenvalue weighted by atomic mass is 16.3. The Kier molecular flexibility index (Phi) is 3.36. The molecule has 12 aromatic carbocycles. The molecule has 0 fully saturated rings. The molecule has 0 spiro atoms. The van der Waals surface area contributed by atoms with Gasteiger partial charge < -0.3 is 4.42 Å². The van der Waals surface area contributed by atoms with Gasteiger partial charge in [-0.15, -0.1) is 0 Å². The van der Waals surface area contributed by atoms with Gasteiger partial charge in [0.15, 0.2) is 0 Å². The van der Waals surface area contributed by atoms with Crippen molar-refractivity contribution in [3.8, 4) is 33.4 Å². The minimum absolute atomic E-state index is 0.0308. The van der Waals surface area contributed by atoms with Gasteiger partial charge in [0.2, 0.25) is 0 Å². The lowest BCUT2D eigenvalue weighted by Crippen LogP contribution is -1.91. The van der Waals surface area contributed by atoms with Gasteiger partial charge >= 0.3 is 0 Å². The summed E-state index contributed by atoms with van der Waals surface area (Å²) >= 11 is 0. The number of hydrogen-bond acceptors (Lipinski definition) is 1. The summed E-state index contributed by atoms with van der Waals surface area (Å²) in [5.41, 5.74) is 1.99. The fourth-order valence-corrected chi connectivity index (χ4v) is 8.38. The molecule has 13 rings (SSSR count). The molecular weight excluding hydrogens is 665 g/mol. The van der Waals surface area contributed by atoms with Crippen LogP contribution in [0.2, 0.25) is 0 Å². The Balaban J connectivity index is 1.25. The highest BCUT2D eigenvalue weighted by molar-refractivity contribution is 6.27. The molecule has 0 bridgehead atoms. The van der Waals surface area contributed by atoms with Crippen molar-refractivity contribution >= 4 is 97.3 Å². The molecule has 1 heteroatoms. The van der Waals surface area contributed by atoms with Crippen molar-refractivity contribution in [2.24, 2.45) is 0 Å². The summed E-state index contributed by atoms with van der Waals surface area (Å²) < 4.78 is 172. The van der Waals surface area contributed by atoms with E-state index in [0.29, 0.717) is 27.7 Å². The van der Waals surface area contributed by atoms with Crippen LogP contribution in [0.3, 0.4) is 0 Å². The number of hydrogen-bond donors (Lipinski definition) is 0. The van der Waals surface area contributed by atoms with Gasteiger partial charge in [-0.05, 0) is 145 Å². The zero-order valence-corrected chi connectivity index (χ0v) is 28.3. The molecule has 0 aliphatic carbocycles. The lowest BCUT2D eigenvalue weighted by Gasteiger charge is -2.18. The maximum Gasteiger partial charge on any atom is 0.136 e. The molecule has 0 aliphatic heterocycles. The van der Waals surface area contributed by atoms with Crippen LogP contribution in [0, 0.1) is 0 Å². The molecule has 0 N–H and O–H groups in total. The molecule has 55 heavy (non-hydrogen) atoms. The first kappa shape index (κ1) is 17.3. The molecule has 252 valence electrons. The van der Waals surface area contributed by atoms with Gasteiger partial charge in [-0.1, -0.05) is 145 Å². The van der Waals surface area contributed by atoms with Gasteiger partial charge in [-0.2, -0.15) is 0 Å². The van der Waals surface area contributed by atoms with Crippen LogP contribution in [-0.2, 0) is 0 Å². The topological polar surface area (TPSA) is 13.1 Å². The molecule has 0 saturated carbocycles. The predicted octanol–water partition coefficient (Wildman–Crippen LogP) is 15.5. The molecule has 0 amide bonds. The minimum atomic E-state index is -0.613. The number of rotatable bonds is 3. The Bertz CT molecular complexity index is 4500. The van der Waals surface area contributed by atoms with Crippen LogP contribution in [0.1, 0.15) is 24.7 Å². The summed E-state index contributed by atoms with van der Waals surface area (Å²) in [4.78, 5) is 0. The fraction of sp³-hybridized carbons (Fsp3) is 0. The first-order valence-electron chi connectivity index (χ1n) is 26.6. The van der Waals surface area contributed by atoms with Crippen molar-refractivity contribution in [1.29, 1.82) is 0 Å². The quantitative estimate of drug-likeness (QED) is 0.166. The molecule has 1 nitrogen and oxygen atoms in total. The lowest BCUT2D eigenvalue weighted by atomic mass is 9.85. The first-order valence-corrected chi connectivity index (χ1v) is 17.6. The third-order valence-electron chi connectivity index (χ3n) is 10.8. The second kappa shape index (κ2) is 10.7. The predicted molar refractivity (Wildman–Crippen MR) is 235 cm³/mol. The Morgan fingerprint density at radius 3 is 1.35 bits per heavy atom. The van der Waals surface area contributed by atoms with Crippen molar-refractivity contribution in [3.63, 3.8) is 0 Å². The smallest absolute Gasteiger partial charge is 0.136 e. The van der Waals surface area contributed by atoms with Crippen molar-refractivity contribution in [1.82, 2.24) is 0 Å². The van der Waals surface area contributed by atoms with Crippen LogP contribution >= 0.6 is 0 Å². The zero-order valence-electron chi connectivity index (χ0n) is 46.3. The number of fused-ring (bicyclic) bond motifs is 4. The second-order valence-corrected chi connectivity index (χ2v) is 13.8. The Morgan fingerprint density at radius 1 is 0.309 bits per heavy atom. The Labute approximate surface area is 341 Å². The van der Waals surface area contributed by atoms with E-state index in [2.05, 4.69) is 0 Å². The standard InChI is InChI=1S/C54H30O/c1-2-7-38-30-49-47(29-37(38)6-1)54-44(12-5-13-48(54)55-49)41-27-39(42-22-18-35-16-14-31-8-3-10-33-20-24-45(42)52(35)50(31)33)26-40(28-41)43-23-19-36-17-15-32-9-4-11-34-21-25-46(43)53(36)51(32)34/h1-30H/i3D,4D,8D,9D,10D,11D,14D,15D,16D,17D,18D,19D,20D,21D,22D,23D,24D,25D. The molecule has 0 saturated heterocycles. The van der Waals surface area contributed by atoms with Gasteiger partial charge in [0.25, 0.3) is 0 Å². The normalized spacial score (nSPS) is 16.9. The van der Waals surface area contributed by atoms with Gasteiger partial charge in [-0.25, -0.2) is 0 Å². The highest BCUT2D eigenvalue weighted by Gasteiger charge is 2.19. The van der Waals surface area contributed by atoms with Crippen LogP contribution < -0.4 is 0 Å².